The van der Waals surface area contributed by atoms with Crippen LogP contribution >= 0.6 is 0 Å². The minimum absolute atomic E-state index is 0.410. The molecule has 0 radical (unpaired) electrons. The maximum atomic E-state index is 12.4. The predicted octanol–water partition coefficient (Wildman–Crippen LogP) is 7.05. The van der Waals surface area contributed by atoms with Gasteiger partial charge in [0.15, 0.2) is 0 Å². The molecule has 0 bridgehead atoms. The number of unbranched alkanes of at least 4 members (excludes halogenated alkanes) is 7. The van der Waals surface area contributed by atoms with E-state index in [1.165, 1.54) is 110 Å². The van der Waals surface area contributed by atoms with Crippen LogP contribution in [0.2, 0.25) is 0 Å². The molecule has 1 unspecified atom stereocenters. The van der Waals surface area contributed by atoms with Crippen molar-refractivity contribution in [3.8, 4) is 0 Å². The van der Waals surface area contributed by atoms with Gasteiger partial charge in [0.2, 0.25) is 5.91 Å². The number of carbonyl (C=O) groups is 1. The molecule has 0 aromatic rings. The molecular formula is C27H52N2O. The summed E-state index contributed by atoms with van der Waals surface area (Å²) in [6, 6.07) is 0. The van der Waals surface area contributed by atoms with Gasteiger partial charge in [-0.25, -0.2) is 0 Å². The zero-order valence-electron chi connectivity index (χ0n) is 20.7. The number of likely N-dealkylation sites (tertiary alicyclic amines) is 2. The molecule has 2 saturated heterocycles. The molecule has 2 heterocycles. The third-order valence-corrected chi connectivity index (χ3v) is 7.82. The highest BCUT2D eigenvalue weighted by Gasteiger charge is 2.44. The summed E-state index contributed by atoms with van der Waals surface area (Å²) in [7, 11) is 0. The van der Waals surface area contributed by atoms with Gasteiger partial charge in [-0.2, -0.15) is 0 Å². The van der Waals surface area contributed by atoms with Crippen LogP contribution in [-0.2, 0) is 4.79 Å². The zero-order valence-corrected chi connectivity index (χ0v) is 20.7. The first-order chi connectivity index (χ1) is 14.6. The number of hydrogen-bond acceptors (Lipinski definition) is 2. The van der Waals surface area contributed by atoms with Crippen molar-refractivity contribution in [1.29, 1.82) is 0 Å². The van der Waals surface area contributed by atoms with Crippen molar-refractivity contribution in [1.82, 2.24) is 9.80 Å². The number of hydrogen-bond donors (Lipinski definition) is 0. The van der Waals surface area contributed by atoms with Crippen LogP contribution in [-0.4, -0.2) is 48.4 Å². The van der Waals surface area contributed by atoms with E-state index >= 15 is 0 Å². The Labute approximate surface area is 188 Å². The van der Waals surface area contributed by atoms with E-state index in [1.807, 2.05) is 0 Å². The molecular weight excluding hydrogens is 368 g/mol. The standard InChI is InChI=1S/C27H52N2O/c1-4-7-10-13-15-25(14-11-8-5-2)17-20-28-23-27(24-28)18-21-29(22-19-27)26(30)16-12-9-6-3/h25H,4-24H2,1-3H3. The number of nitrogens with zero attached hydrogens (tertiary/aromatic N) is 2. The van der Waals surface area contributed by atoms with Gasteiger partial charge in [0.05, 0.1) is 0 Å². The molecule has 2 fully saturated rings. The van der Waals surface area contributed by atoms with Crippen molar-refractivity contribution >= 4 is 5.91 Å². The van der Waals surface area contributed by atoms with Crippen molar-refractivity contribution in [2.24, 2.45) is 11.3 Å². The Bertz CT molecular complexity index is 448. The first-order valence-electron chi connectivity index (χ1n) is 13.6. The maximum absolute atomic E-state index is 12.4. The minimum Gasteiger partial charge on any atom is -0.343 e. The lowest BCUT2D eigenvalue weighted by molar-refractivity contribution is -0.136. The molecule has 2 aliphatic heterocycles. The van der Waals surface area contributed by atoms with Gasteiger partial charge in [0.25, 0.3) is 0 Å². The molecule has 3 heteroatoms. The van der Waals surface area contributed by atoms with Crippen molar-refractivity contribution in [3.05, 3.63) is 0 Å². The molecule has 2 rings (SSSR count). The van der Waals surface area contributed by atoms with Crippen molar-refractivity contribution in [2.45, 2.75) is 124 Å². The Hall–Kier alpha value is -0.570. The van der Waals surface area contributed by atoms with Crippen LogP contribution in [0.3, 0.4) is 0 Å². The van der Waals surface area contributed by atoms with E-state index in [1.54, 1.807) is 0 Å². The molecule has 0 saturated carbocycles. The Balaban J connectivity index is 1.63. The molecule has 0 aromatic heterocycles. The topological polar surface area (TPSA) is 23.6 Å². The van der Waals surface area contributed by atoms with Crippen LogP contribution in [0, 0.1) is 11.3 Å². The summed E-state index contributed by atoms with van der Waals surface area (Å²) in [4.78, 5) is 17.3. The fraction of sp³-hybridized carbons (Fsp3) is 0.963. The average Bonchev–Trinajstić information content (AvgIpc) is 2.73. The third kappa shape index (κ3) is 8.89. The second kappa shape index (κ2) is 14.5. The van der Waals surface area contributed by atoms with E-state index in [9.17, 15) is 4.79 Å². The summed E-state index contributed by atoms with van der Waals surface area (Å²) in [5.41, 5.74) is 0.541. The zero-order chi connectivity index (χ0) is 21.7. The van der Waals surface area contributed by atoms with Gasteiger partial charge < -0.3 is 9.80 Å². The second-order valence-electron chi connectivity index (χ2n) is 10.5. The van der Waals surface area contributed by atoms with Gasteiger partial charge in [-0.1, -0.05) is 91.4 Å². The van der Waals surface area contributed by atoms with Gasteiger partial charge >= 0.3 is 0 Å². The van der Waals surface area contributed by atoms with Crippen LogP contribution in [0.25, 0.3) is 0 Å². The van der Waals surface area contributed by atoms with Crippen molar-refractivity contribution < 1.29 is 4.79 Å². The van der Waals surface area contributed by atoms with Gasteiger partial charge in [-0.3, -0.25) is 4.79 Å². The lowest BCUT2D eigenvalue weighted by Crippen LogP contribution is -2.60. The Morgan fingerprint density at radius 2 is 1.33 bits per heavy atom. The third-order valence-electron chi connectivity index (χ3n) is 7.82. The molecule has 0 N–H and O–H groups in total. The molecule has 3 nitrogen and oxygen atoms in total. The predicted molar refractivity (Wildman–Crippen MR) is 130 cm³/mol. The molecule has 1 amide bonds. The summed E-state index contributed by atoms with van der Waals surface area (Å²) in [5, 5.41) is 0. The van der Waals surface area contributed by atoms with Gasteiger partial charge in [0, 0.05) is 32.6 Å². The van der Waals surface area contributed by atoms with Crippen LogP contribution in [0.1, 0.15) is 124 Å². The highest BCUT2D eigenvalue weighted by Crippen LogP contribution is 2.41. The number of amides is 1. The Morgan fingerprint density at radius 3 is 1.97 bits per heavy atom. The van der Waals surface area contributed by atoms with Crippen LogP contribution in [0.4, 0.5) is 0 Å². The molecule has 176 valence electrons. The minimum atomic E-state index is 0.410. The molecule has 2 aliphatic rings. The fourth-order valence-corrected chi connectivity index (χ4v) is 5.63. The molecule has 0 aromatic carbocycles. The largest absolute Gasteiger partial charge is 0.343 e. The maximum Gasteiger partial charge on any atom is 0.222 e. The lowest BCUT2D eigenvalue weighted by Gasteiger charge is -2.54. The van der Waals surface area contributed by atoms with Crippen molar-refractivity contribution in [3.63, 3.8) is 0 Å². The van der Waals surface area contributed by atoms with Crippen LogP contribution < -0.4 is 0 Å². The SMILES string of the molecule is CCCCCCC(CCCCC)CCN1CC2(CCN(C(=O)CCCCC)CC2)C1. The summed E-state index contributed by atoms with van der Waals surface area (Å²) in [6.07, 6.45) is 20.8. The summed E-state index contributed by atoms with van der Waals surface area (Å²) < 4.78 is 0. The quantitative estimate of drug-likeness (QED) is 0.250. The normalized spacial score (nSPS) is 19.8. The average molecular weight is 421 g/mol. The summed E-state index contributed by atoms with van der Waals surface area (Å²) in [5.74, 6) is 1.36. The Morgan fingerprint density at radius 1 is 0.767 bits per heavy atom. The van der Waals surface area contributed by atoms with E-state index in [0.29, 0.717) is 11.3 Å². The van der Waals surface area contributed by atoms with E-state index in [-0.39, 0.29) is 0 Å². The first kappa shape index (κ1) is 25.7. The number of carbonyl (C=O) groups excluding carboxylic acids is 1. The molecule has 30 heavy (non-hydrogen) atoms. The highest BCUT2D eigenvalue weighted by atomic mass is 16.2. The molecule has 1 atom stereocenters. The van der Waals surface area contributed by atoms with E-state index in [0.717, 1.165) is 31.8 Å². The smallest absolute Gasteiger partial charge is 0.222 e. The Kier molecular flexibility index (Phi) is 12.4. The lowest BCUT2D eigenvalue weighted by atomic mass is 9.71. The second-order valence-corrected chi connectivity index (χ2v) is 10.5. The van der Waals surface area contributed by atoms with Crippen LogP contribution in [0.5, 0.6) is 0 Å². The molecule has 0 aliphatic carbocycles. The van der Waals surface area contributed by atoms with E-state index < -0.39 is 0 Å². The first-order valence-corrected chi connectivity index (χ1v) is 13.6. The fourth-order valence-electron chi connectivity index (χ4n) is 5.63. The van der Waals surface area contributed by atoms with Gasteiger partial charge in [0.1, 0.15) is 0 Å². The number of piperidine rings is 1. The molecule has 1 spiro atoms. The van der Waals surface area contributed by atoms with E-state index in [4.69, 9.17) is 0 Å². The highest BCUT2D eigenvalue weighted by molar-refractivity contribution is 5.76. The summed E-state index contributed by atoms with van der Waals surface area (Å²) >= 11 is 0. The van der Waals surface area contributed by atoms with E-state index in [2.05, 4.69) is 30.6 Å². The van der Waals surface area contributed by atoms with Crippen molar-refractivity contribution in [2.75, 3.05) is 32.7 Å². The monoisotopic (exact) mass is 420 g/mol. The van der Waals surface area contributed by atoms with Gasteiger partial charge in [-0.15, -0.1) is 0 Å². The van der Waals surface area contributed by atoms with Gasteiger partial charge in [-0.05, 0) is 43.6 Å². The summed E-state index contributed by atoms with van der Waals surface area (Å²) in [6.45, 7) is 12.8. The number of rotatable bonds is 16. The van der Waals surface area contributed by atoms with Crippen LogP contribution in [0.15, 0.2) is 0 Å².